The number of nitrogen functional groups attached to an aromatic ring is 1. The van der Waals surface area contributed by atoms with Crippen LogP contribution in [0.25, 0.3) is 11.3 Å². The first-order chi connectivity index (χ1) is 54.6. The fourth-order valence-electron chi connectivity index (χ4n) is 16.4. The SMILES string of the molecule is CC(C)[C@@H](C(=O)N1C[C@H](O)C[C@H]1C(=O)N[C@@H](C)c1ccc(C#N)cc1)c1cc(OCCN2CCC(OC3CC(Oc4cc(N5C6CCC5CN(c5cc(-c7ccccc7OCc7ccc(NC(=O)[C@H](CCCNC(N)=O)NC(=O)C8(C(=O)NCCCCCN9C(=O)CCC9=O)CCC8)cc7)nnc5N)C6)ccn4)C3)CC2)no1. The van der Waals surface area contributed by atoms with Crippen molar-refractivity contribution in [3.63, 3.8) is 0 Å². The van der Waals surface area contributed by atoms with Crippen molar-refractivity contribution in [2.75, 3.05) is 86.4 Å². The van der Waals surface area contributed by atoms with E-state index in [0.717, 1.165) is 79.7 Å². The molecule has 3 aromatic carbocycles. The molecule has 3 aromatic heterocycles. The van der Waals surface area contributed by atoms with Crippen LogP contribution < -0.4 is 62.1 Å². The van der Waals surface area contributed by atoms with E-state index >= 15 is 0 Å². The van der Waals surface area contributed by atoms with Gasteiger partial charge >= 0.3 is 6.03 Å². The first kappa shape index (κ1) is 80.1. The number of pyridine rings is 1. The maximum Gasteiger partial charge on any atom is 0.312 e. The van der Waals surface area contributed by atoms with Gasteiger partial charge in [0.05, 0.1) is 47.4 Å². The number of piperidine rings is 1. The summed E-state index contributed by atoms with van der Waals surface area (Å²) in [6.07, 6.45) is 10.8. The predicted molar refractivity (Wildman–Crippen MR) is 416 cm³/mol. The van der Waals surface area contributed by atoms with Crippen molar-refractivity contribution < 1.29 is 66.9 Å². The second-order valence-electron chi connectivity index (χ2n) is 31.2. The molecule has 7 fully saturated rings. The number of nitriles is 1. The molecule has 2 aliphatic carbocycles. The molecule has 7 atom stereocenters. The van der Waals surface area contributed by atoms with Gasteiger partial charge in [-0.15, -0.1) is 10.2 Å². The van der Waals surface area contributed by atoms with Crippen LogP contribution in [0, 0.1) is 22.7 Å². The van der Waals surface area contributed by atoms with Gasteiger partial charge in [-0.3, -0.25) is 43.4 Å². The zero-order valence-electron chi connectivity index (χ0n) is 64.3. The zero-order chi connectivity index (χ0) is 79.3. The van der Waals surface area contributed by atoms with Crippen LogP contribution in [0.3, 0.4) is 0 Å². The zero-order valence-corrected chi connectivity index (χ0v) is 64.3. The number of fused-ring (bicyclic) bond motifs is 2. The van der Waals surface area contributed by atoms with E-state index in [1.165, 1.54) is 9.80 Å². The summed E-state index contributed by atoms with van der Waals surface area (Å²) in [5, 5.41) is 47.2. The molecule has 0 radical (unpaired) electrons. The second-order valence-corrected chi connectivity index (χ2v) is 31.2. The summed E-state index contributed by atoms with van der Waals surface area (Å²) in [6.45, 7) is 10.8. The van der Waals surface area contributed by atoms with E-state index in [9.17, 15) is 48.7 Å². The molecule has 13 rings (SSSR count). The molecule has 113 heavy (non-hydrogen) atoms. The van der Waals surface area contributed by atoms with Crippen molar-refractivity contribution in [1.29, 1.82) is 5.26 Å². The maximum absolute atomic E-state index is 14.2. The molecule has 5 aliphatic heterocycles. The van der Waals surface area contributed by atoms with Gasteiger partial charge in [-0.05, 0) is 148 Å². The molecule has 2 unspecified atom stereocenters. The third-order valence-corrected chi connectivity index (χ3v) is 23.0. The van der Waals surface area contributed by atoms with Gasteiger partial charge < -0.3 is 81.3 Å². The molecule has 6 aromatic rings. The highest BCUT2D eigenvalue weighted by atomic mass is 16.5. The normalized spacial score (nSPS) is 21.5. The van der Waals surface area contributed by atoms with E-state index in [1.807, 2.05) is 69.4 Å². The highest BCUT2D eigenvalue weighted by molar-refractivity contribution is 6.08. The van der Waals surface area contributed by atoms with Crippen LogP contribution in [-0.4, -0.2) is 202 Å². The highest BCUT2D eigenvalue weighted by Gasteiger charge is 2.52. The number of nitrogens with zero attached hydrogens (tertiary/aromatic N) is 10. The van der Waals surface area contributed by atoms with Crippen molar-refractivity contribution in [2.24, 2.45) is 17.1 Å². The summed E-state index contributed by atoms with van der Waals surface area (Å²) >= 11 is 0. The van der Waals surface area contributed by atoms with Crippen LogP contribution in [-0.2, 0) is 44.9 Å². The lowest BCUT2D eigenvalue weighted by molar-refractivity contribution is -0.151. The summed E-state index contributed by atoms with van der Waals surface area (Å²) in [6, 6.07) is 28.9. The number of aliphatic hydroxyl groups is 1. The number of para-hydroxylation sites is 1. The average Bonchev–Trinajstić information content (AvgIpc) is 1.75. The Morgan fingerprint density at radius 2 is 1.50 bits per heavy atom. The van der Waals surface area contributed by atoms with Gasteiger partial charge in [-0.25, -0.2) is 9.78 Å². The second kappa shape index (κ2) is 36.7. The van der Waals surface area contributed by atoms with Gasteiger partial charge in [0.1, 0.15) is 48.5 Å². The standard InChI is InChI=1S/C82H103N17O14/c1-50(2)74(78(105)98-48-59(100)40-67(98)77(104)89-51(3)54-18-14-52(45-83)15-19-54)69-44-71(94-113-69)109-38-37-95-35-27-60(28-36-95)111-61-41-62(42-61)112-70-39-56(26-33-86-70)99-57-22-23-58(99)47-96(46-57)66-43-65(92-93-75(66)84)63-11-5-6-13-68(63)110-49-53-16-20-55(21-17-53)90-76(103)64(12-9-32-88-81(85)108)91-80(107)82(29-10-30-82)79(106)87-31-7-4-8-34-97-72(101)24-25-73(97)102/h5-6,11,13-21,26,33,39,43-44,50-51,57-62,64,67,74,100H,4,7-10,12,22-25,27-32,34-38,40-42,46-49H2,1-3H3,(H2,84,93)(H,87,106)(H,89,104)(H,90,103)(H,91,107)(H3,85,88,108)/t51-,57?,58?,59+,61?,62?,64-,67-,74+/m0/s1. The van der Waals surface area contributed by atoms with E-state index in [1.54, 1.807) is 42.5 Å². The molecule has 2 saturated carbocycles. The maximum atomic E-state index is 14.2. The molecular formula is C82H103N17O14. The van der Waals surface area contributed by atoms with Gasteiger partial charge in [0.15, 0.2) is 11.6 Å². The van der Waals surface area contributed by atoms with Gasteiger partial charge in [-0.2, -0.15) is 5.26 Å². The lowest BCUT2D eigenvalue weighted by Crippen LogP contribution is -2.58. The predicted octanol–water partition coefficient (Wildman–Crippen LogP) is 6.94. The van der Waals surface area contributed by atoms with Crippen LogP contribution in [0.5, 0.6) is 17.5 Å². The molecule has 31 nitrogen and oxygen atoms in total. The molecular weight excluding hydrogens is 1450 g/mol. The molecule has 2 bridgehead atoms. The van der Waals surface area contributed by atoms with Crippen molar-refractivity contribution in [1.82, 2.24) is 56.3 Å². The smallest absolute Gasteiger partial charge is 0.312 e. The molecule has 8 heterocycles. The van der Waals surface area contributed by atoms with E-state index in [0.29, 0.717) is 124 Å². The number of piperazine rings is 1. The summed E-state index contributed by atoms with van der Waals surface area (Å²) < 4.78 is 31.3. The molecule has 7 aliphatic rings. The Balaban J connectivity index is 0.532. The van der Waals surface area contributed by atoms with Crippen LogP contribution in [0.15, 0.2) is 108 Å². The molecule has 10 N–H and O–H groups in total. The van der Waals surface area contributed by atoms with Crippen LogP contribution in [0.1, 0.15) is 164 Å². The number of imide groups is 1. The van der Waals surface area contributed by atoms with Crippen LogP contribution in [0.4, 0.5) is 27.7 Å². The summed E-state index contributed by atoms with van der Waals surface area (Å²) in [5.41, 5.74) is 16.4. The average molecular weight is 1550 g/mol. The summed E-state index contributed by atoms with van der Waals surface area (Å²) in [7, 11) is 0. The number of urea groups is 1. The number of likely N-dealkylation sites (tertiary alicyclic amines) is 3. The quantitative estimate of drug-likeness (QED) is 0.0113. The number of hydrogen-bond acceptors (Lipinski definition) is 23. The fourth-order valence-corrected chi connectivity index (χ4v) is 16.4. The summed E-state index contributed by atoms with van der Waals surface area (Å²) in [5.74, 6) is -1.35. The number of hydrogen-bond donors (Lipinski definition) is 8. The Morgan fingerprint density at radius 3 is 2.20 bits per heavy atom. The number of primary amides is 1. The first-order valence-electron chi connectivity index (χ1n) is 39.8. The van der Waals surface area contributed by atoms with Crippen molar-refractivity contribution >= 4 is 70.3 Å². The van der Waals surface area contributed by atoms with Crippen molar-refractivity contribution in [3.05, 3.63) is 126 Å². The minimum absolute atomic E-state index is 0.00465. The number of nitrogens with one attached hydrogen (secondary N) is 5. The number of benzene rings is 3. The van der Waals surface area contributed by atoms with Crippen molar-refractivity contribution in [3.8, 4) is 34.8 Å². The number of carbonyl (C=O) groups is 8. The fraction of sp³-hybridized carbons (Fsp3) is 0.524. The number of carbonyl (C=O) groups excluding carboxylic acids is 8. The monoisotopic (exact) mass is 1550 g/mol. The van der Waals surface area contributed by atoms with Gasteiger partial charge in [-0.1, -0.05) is 56.7 Å². The topological polar surface area (TPSA) is 411 Å². The van der Waals surface area contributed by atoms with Crippen LogP contribution in [0.2, 0.25) is 0 Å². The number of aromatic nitrogens is 4. The Hall–Kier alpha value is -11.0. The first-order valence-corrected chi connectivity index (χ1v) is 39.8. The molecule has 600 valence electrons. The Labute approximate surface area is 656 Å². The number of β-amino-alcohol motifs (C(OH)–C–C–N with tert-alkyl or cyclic N) is 1. The third-order valence-electron chi connectivity index (χ3n) is 23.0. The Morgan fingerprint density at radius 1 is 0.761 bits per heavy atom. The number of aliphatic hydroxyl groups excluding tert-OH is 1. The van der Waals surface area contributed by atoms with E-state index in [2.05, 4.69) is 79.8 Å². The molecule has 0 spiro atoms. The Kier molecular flexibility index (Phi) is 26.0. The largest absolute Gasteiger partial charge is 0.488 e. The minimum Gasteiger partial charge on any atom is -0.488 e. The number of nitrogens with two attached hydrogens (primary N) is 2. The number of anilines is 4. The summed E-state index contributed by atoms with van der Waals surface area (Å²) in [4.78, 5) is 119. The van der Waals surface area contributed by atoms with E-state index in [-0.39, 0.29) is 117 Å². The van der Waals surface area contributed by atoms with Crippen LogP contribution >= 0.6 is 0 Å². The van der Waals surface area contributed by atoms with Crippen molar-refractivity contribution in [2.45, 2.75) is 197 Å². The van der Waals surface area contributed by atoms with E-state index in [4.69, 9.17) is 34.9 Å². The minimum atomic E-state index is -1.34. The lowest BCUT2D eigenvalue weighted by atomic mass is 9.67. The van der Waals surface area contributed by atoms with E-state index < -0.39 is 53.3 Å². The molecule has 9 amide bonds. The third kappa shape index (κ3) is 19.6. The lowest BCUT2D eigenvalue weighted by Gasteiger charge is -2.43. The number of ether oxygens (including phenoxy) is 4. The Bertz CT molecular complexity index is 4380. The highest BCUT2D eigenvalue weighted by Crippen LogP contribution is 2.44. The molecule has 5 saturated heterocycles. The van der Waals surface area contributed by atoms with Gasteiger partial charge in [0.2, 0.25) is 47.2 Å². The van der Waals surface area contributed by atoms with Gasteiger partial charge in [0.25, 0.3) is 5.88 Å². The number of unbranched alkanes of at least 4 members (excludes halogenated alkanes) is 2. The number of rotatable bonds is 35. The van der Waals surface area contributed by atoms with Gasteiger partial charge in [0, 0.05) is 138 Å². The number of amides is 9. The molecule has 31 heteroatoms.